The second-order valence-corrected chi connectivity index (χ2v) is 5.22. The largest absolute Gasteiger partial charge is 0.358 e. The molecule has 0 fully saturated rings. The van der Waals surface area contributed by atoms with Gasteiger partial charge in [0, 0.05) is 18.3 Å². The molecule has 1 aromatic carbocycles. The molecule has 2 aromatic heterocycles. The van der Waals surface area contributed by atoms with E-state index in [2.05, 4.69) is 10.3 Å². The summed E-state index contributed by atoms with van der Waals surface area (Å²) in [4.78, 5) is 16.6. The third-order valence-electron chi connectivity index (χ3n) is 3.46. The molecule has 106 valence electrons. The molecule has 0 saturated heterocycles. The molecule has 1 N–H and O–H groups in total. The third-order valence-corrected chi connectivity index (χ3v) is 3.70. The van der Waals surface area contributed by atoms with Gasteiger partial charge in [0.1, 0.15) is 0 Å². The monoisotopic (exact) mass is 299 g/mol. The van der Waals surface area contributed by atoms with Gasteiger partial charge in [-0.3, -0.25) is 9.20 Å². The predicted octanol–water partition coefficient (Wildman–Crippen LogP) is 3.37. The lowest BCUT2D eigenvalue weighted by Gasteiger charge is -2.13. The molecule has 2 heterocycles. The maximum Gasteiger partial charge on any atom is 0.282 e. The maximum atomic E-state index is 12.5. The summed E-state index contributed by atoms with van der Waals surface area (Å²) in [5, 5.41) is 3.51. The zero-order chi connectivity index (χ0) is 15.0. The van der Waals surface area contributed by atoms with Crippen LogP contribution >= 0.6 is 11.6 Å². The smallest absolute Gasteiger partial charge is 0.282 e. The van der Waals surface area contributed by atoms with Crippen LogP contribution in [0.4, 0.5) is 5.95 Å². The van der Waals surface area contributed by atoms with Crippen molar-refractivity contribution in [3.8, 4) is 11.1 Å². The van der Waals surface area contributed by atoms with E-state index < -0.39 is 0 Å². The fourth-order valence-electron chi connectivity index (χ4n) is 2.45. The number of halogens is 1. The zero-order valence-electron chi connectivity index (χ0n) is 11.7. The minimum Gasteiger partial charge on any atom is -0.358 e. The maximum absolute atomic E-state index is 12.5. The highest BCUT2D eigenvalue weighted by Crippen LogP contribution is 2.27. The fourth-order valence-corrected chi connectivity index (χ4v) is 2.61. The molecular formula is C16H14ClN3O. The average Bonchev–Trinajstić information content (AvgIpc) is 2.47. The van der Waals surface area contributed by atoms with Crippen molar-refractivity contribution in [2.45, 2.75) is 6.92 Å². The Morgan fingerprint density at radius 1 is 1.24 bits per heavy atom. The highest BCUT2D eigenvalue weighted by molar-refractivity contribution is 6.31. The van der Waals surface area contributed by atoms with Crippen LogP contribution in [-0.2, 0) is 0 Å². The van der Waals surface area contributed by atoms with E-state index in [1.807, 2.05) is 35.6 Å². The van der Waals surface area contributed by atoms with Crippen LogP contribution in [0.5, 0.6) is 0 Å². The molecule has 3 rings (SSSR count). The van der Waals surface area contributed by atoms with Crippen LogP contribution in [0.3, 0.4) is 0 Å². The van der Waals surface area contributed by atoms with Gasteiger partial charge in [0.25, 0.3) is 5.56 Å². The number of nitrogens with one attached hydrogen (secondary N) is 1. The quantitative estimate of drug-likeness (QED) is 0.789. The summed E-state index contributed by atoms with van der Waals surface area (Å²) in [7, 11) is 1.73. The van der Waals surface area contributed by atoms with E-state index >= 15 is 0 Å². The summed E-state index contributed by atoms with van der Waals surface area (Å²) in [6.07, 6.45) is 1.80. The number of hydrogen-bond donors (Lipinski definition) is 1. The average molecular weight is 300 g/mol. The standard InChI is InChI=1S/C16H14ClN3O/c1-10-5-3-4-6-12(10)14-13-9-11(17)7-8-20(13)16(18-2)19-15(14)21/h3-9H,1-2H3,(H,18,19,21). The van der Waals surface area contributed by atoms with E-state index in [1.54, 1.807) is 25.4 Å². The van der Waals surface area contributed by atoms with Crippen molar-refractivity contribution in [2.24, 2.45) is 0 Å². The number of nitrogens with zero attached hydrogens (tertiary/aromatic N) is 2. The molecule has 4 nitrogen and oxygen atoms in total. The Labute approximate surface area is 127 Å². The molecule has 0 saturated carbocycles. The number of aryl methyl sites for hydroxylation is 1. The van der Waals surface area contributed by atoms with E-state index in [0.29, 0.717) is 16.5 Å². The van der Waals surface area contributed by atoms with Gasteiger partial charge in [-0.15, -0.1) is 0 Å². The molecule has 0 aliphatic carbocycles. The Kier molecular flexibility index (Phi) is 3.39. The van der Waals surface area contributed by atoms with E-state index in [1.165, 1.54) is 0 Å². The lowest BCUT2D eigenvalue weighted by molar-refractivity contribution is 1.05. The van der Waals surface area contributed by atoms with Gasteiger partial charge in [0.2, 0.25) is 5.95 Å². The number of fused-ring (bicyclic) bond motifs is 1. The van der Waals surface area contributed by atoms with Crippen LogP contribution in [0.15, 0.2) is 47.4 Å². The van der Waals surface area contributed by atoms with Crippen LogP contribution in [0, 0.1) is 6.92 Å². The first kappa shape index (κ1) is 13.6. The van der Waals surface area contributed by atoms with Crippen LogP contribution in [-0.4, -0.2) is 16.4 Å². The molecule has 0 amide bonds. The first-order chi connectivity index (χ1) is 10.1. The lowest BCUT2D eigenvalue weighted by atomic mass is 10.0. The summed E-state index contributed by atoms with van der Waals surface area (Å²) in [5.41, 5.74) is 2.93. The van der Waals surface area contributed by atoms with Gasteiger partial charge >= 0.3 is 0 Å². The number of hydrogen-bond acceptors (Lipinski definition) is 3. The normalized spacial score (nSPS) is 10.8. The Hall–Kier alpha value is -2.33. The molecular weight excluding hydrogens is 286 g/mol. The SMILES string of the molecule is CNc1nc(=O)c(-c2ccccc2C)c2cc(Cl)ccn12. The summed E-state index contributed by atoms with van der Waals surface area (Å²) in [6, 6.07) is 11.3. The van der Waals surface area contributed by atoms with Crippen molar-refractivity contribution < 1.29 is 0 Å². The van der Waals surface area contributed by atoms with Gasteiger partial charge in [-0.1, -0.05) is 35.9 Å². The van der Waals surface area contributed by atoms with E-state index in [0.717, 1.165) is 16.6 Å². The van der Waals surface area contributed by atoms with Crippen molar-refractivity contribution in [1.29, 1.82) is 0 Å². The van der Waals surface area contributed by atoms with Crippen molar-refractivity contribution in [1.82, 2.24) is 9.38 Å². The van der Waals surface area contributed by atoms with Crippen LogP contribution in [0.1, 0.15) is 5.56 Å². The molecule has 21 heavy (non-hydrogen) atoms. The van der Waals surface area contributed by atoms with Crippen molar-refractivity contribution >= 4 is 23.1 Å². The van der Waals surface area contributed by atoms with Crippen LogP contribution in [0.25, 0.3) is 16.6 Å². The second-order valence-electron chi connectivity index (χ2n) is 4.78. The van der Waals surface area contributed by atoms with Gasteiger partial charge in [0.15, 0.2) is 0 Å². The van der Waals surface area contributed by atoms with E-state index in [-0.39, 0.29) is 5.56 Å². The minimum atomic E-state index is -0.268. The van der Waals surface area contributed by atoms with Gasteiger partial charge in [-0.05, 0) is 30.2 Å². The summed E-state index contributed by atoms with van der Waals surface area (Å²) in [6.45, 7) is 1.97. The van der Waals surface area contributed by atoms with E-state index in [9.17, 15) is 4.79 Å². The van der Waals surface area contributed by atoms with Crippen molar-refractivity contribution in [2.75, 3.05) is 12.4 Å². The number of rotatable bonds is 2. The Balaban J connectivity index is 2.48. The molecule has 0 unspecified atom stereocenters. The van der Waals surface area contributed by atoms with Gasteiger partial charge in [-0.25, -0.2) is 0 Å². The summed E-state index contributed by atoms with van der Waals surface area (Å²) >= 11 is 6.11. The highest BCUT2D eigenvalue weighted by atomic mass is 35.5. The zero-order valence-corrected chi connectivity index (χ0v) is 12.5. The number of aromatic nitrogens is 2. The van der Waals surface area contributed by atoms with Crippen LogP contribution < -0.4 is 10.9 Å². The molecule has 0 radical (unpaired) electrons. The first-order valence-corrected chi connectivity index (χ1v) is 6.95. The molecule has 0 aliphatic heterocycles. The van der Waals surface area contributed by atoms with Crippen molar-refractivity contribution in [3.63, 3.8) is 0 Å². The second kappa shape index (κ2) is 5.22. The molecule has 0 bridgehead atoms. The Bertz CT molecular complexity index is 886. The molecule has 0 atom stereocenters. The topological polar surface area (TPSA) is 46.4 Å². The van der Waals surface area contributed by atoms with Gasteiger partial charge in [-0.2, -0.15) is 4.98 Å². The number of pyridine rings is 1. The van der Waals surface area contributed by atoms with E-state index in [4.69, 9.17) is 11.6 Å². The minimum absolute atomic E-state index is 0.268. The number of anilines is 1. The first-order valence-electron chi connectivity index (χ1n) is 6.57. The lowest BCUT2D eigenvalue weighted by Crippen LogP contribution is -2.17. The Morgan fingerprint density at radius 2 is 2.00 bits per heavy atom. The summed E-state index contributed by atoms with van der Waals surface area (Å²) in [5.74, 6) is 0.490. The highest BCUT2D eigenvalue weighted by Gasteiger charge is 2.14. The molecule has 5 heteroatoms. The molecule has 0 spiro atoms. The predicted molar refractivity (Wildman–Crippen MR) is 86.2 cm³/mol. The molecule has 3 aromatic rings. The van der Waals surface area contributed by atoms with Gasteiger partial charge in [0.05, 0.1) is 11.1 Å². The fraction of sp³-hybridized carbons (Fsp3) is 0.125. The Morgan fingerprint density at radius 3 is 2.71 bits per heavy atom. The number of benzene rings is 1. The molecule has 0 aliphatic rings. The third kappa shape index (κ3) is 2.28. The summed E-state index contributed by atoms with van der Waals surface area (Å²) < 4.78 is 1.83. The van der Waals surface area contributed by atoms with Gasteiger partial charge < -0.3 is 5.32 Å². The van der Waals surface area contributed by atoms with Crippen LogP contribution in [0.2, 0.25) is 5.02 Å². The van der Waals surface area contributed by atoms with Crippen molar-refractivity contribution in [3.05, 3.63) is 63.5 Å².